The molecular formula is C24H26F2N4O3S. The van der Waals surface area contributed by atoms with Crippen LogP contribution < -0.4 is 10.5 Å². The molecule has 0 saturated heterocycles. The average Bonchev–Trinajstić information content (AvgIpc) is 2.77. The van der Waals surface area contributed by atoms with Crippen molar-refractivity contribution in [3.8, 4) is 18.2 Å². The first-order chi connectivity index (χ1) is 15.8. The van der Waals surface area contributed by atoms with Crippen LogP contribution in [0, 0.1) is 18.2 Å². The zero-order chi connectivity index (χ0) is 25.3. The van der Waals surface area contributed by atoms with E-state index in [1.54, 1.807) is 0 Å². The highest BCUT2D eigenvalue weighted by Crippen LogP contribution is 2.38. The van der Waals surface area contributed by atoms with E-state index < -0.39 is 43.6 Å². The number of aliphatic imine (C=N–C) groups is 1. The third-order valence-electron chi connectivity index (χ3n) is 5.79. The first kappa shape index (κ1) is 25.3. The Morgan fingerprint density at radius 2 is 2.03 bits per heavy atom. The number of aromatic nitrogens is 2. The molecule has 0 fully saturated rings. The van der Waals surface area contributed by atoms with Gasteiger partial charge in [-0.05, 0) is 51.0 Å². The van der Waals surface area contributed by atoms with E-state index in [0.717, 1.165) is 12.1 Å². The number of ether oxygens (including phenoxy) is 1. The van der Waals surface area contributed by atoms with Gasteiger partial charge < -0.3 is 10.5 Å². The molecule has 0 spiro atoms. The minimum atomic E-state index is -3.73. The Morgan fingerprint density at radius 1 is 1.32 bits per heavy atom. The van der Waals surface area contributed by atoms with Gasteiger partial charge in [-0.3, -0.25) is 4.99 Å². The van der Waals surface area contributed by atoms with Crippen LogP contribution in [0.5, 0.6) is 5.88 Å². The van der Waals surface area contributed by atoms with Crippen molar-refractivity contribution >= 4 is 27.6 Å². The maximum absolute atomic E-state index is 14.9. The van der Waals surface area contributed by atoms with Gasteiger partial charge in [0.1, 0.15) is 27.6 Å². The van der Waals surface area contributed by atoms with Crippen LogP contribution in [0.25, 0.3) is 11.9 Å². The van der Waals surface area contributed by atoms with Gasteiger partial charge in [-0.15, -0.1) is 6.42 Å². The molecule has 180 valence electrons. The normalized spacial score (nSPS) is 22.4. The quantitative estimate of drug-likeness (QED) is 0.622. The van der Waals surface area contributed by atoms with E-state index in [0.29, 0.717) is 6.42 Å². The number of nitrogens with zero attached hydrogens (tertiary/aromatic N) is 3. The lowest BCUT2D eigenvalue weighted by molar-refractivity contribution is 0.243. The first-order valence-electron chi connectivity index (χ1n) is 10.5. The molecule has 1 aromatic heterocycles. The second-order valence-electron chi connectivity index (χ2n) is 8.69. The molecule has 0 bridgehead atoms. The number of hydrogen-bond donors (Lipinski definition) is 1. The summed E-state index contributed by atoms with van der Waals surface area (Å²) >= 11 is 0. The Morgan fingerprint density at radius 3 is 2.59 bits per heavy atom. The van der Waals surface area contributed by atoms with E-state index in [-0.39, 0.29) is 28.5 Å². The third kappa shape index (κ3) is 4.80. The second-order valence-corrected chi connectivity index (χ2v) is 11.2. The fourth-order valence-electron chi connectivity index (χ4n) is 3.43. The number of hydrogen-bond acceptors (Lipinski definition) is 7. The molecule has 0 amide bonds. The predicted molar refractivity (Wildman–Crippen MR) is 128 cm³/mol. The molecule has 1 aliphatic rings. The molecular weight excluding hydrogens is 462 g/mol. The van der Waals surface area contributed by atoms with Crippen molar-refractivity contribution in [2.45, 2.75) is 50.5 Å². The molecule has 0 saturated carbocycles. The number of rotatable bonds is 6. The number of benzene rings is 1. The molecule has 2 aromatic rings. The van der Waals surface area contributed by atoms with Crippen molar-refractivity contribution in [2.24, 2.45) is 10.7 Å². The van der Waals surface area contributed by atoms with Crippen LogP contribution in [-0.2, 0) is 15.4 Å². The summed E-state index contributed by atoms with van der Waals surface area (Å²) < 4.78 is 59.3. The van der Waals surface area contributed by atoms with Crippen LogP contribution >= 0.6 is 0 Å². The van der Waals surface area contributed by atoms with Crippen molar-refractivity contribution in [1.29, 1.82) is 0 Å². The number of halogens is 2. The lowest BCUT2D eigenvalue weighted by Crippen LogP contribution is -2.55. The minimum absolute atomic E-state index is 0.00852. The molecule has 0 radical (unpaired) electrons. The molecule has 1 aromatic carbocycles. The Kier molecular flexibility index (Phi) is 6.80. The van der Waals surface area contributed by atoms with Crippen LogP contribution in [0.3, 0.4) is 0 Å². The SMILES string of the molecule is C#C[C@H](CC)Oc1cnc(/C(F)=C/c2ccc(F)c([C@]3(C)CS(=O)(=O)C(C)(C)C(N)=N3)c2)cn1. The van der Waals surface area contributed by atoms with Gasteiger partial charge in [0.15, 0.2) is 21.8 Å². The van der Waals surface area contributed by atoms with Gasteiger partial charge in [0.2, 0.25) is 5.88 Å². The second kappa shape index (κ2) is 9.14. The van der Waals surface area contributed by atoms with E-state index >= 15 is 0 Å². The van der Waals surface area contributed by atoms with Gasteiger partial charge in [0, 0.05) is 5.56 Å². The zero-order valence-corrected chi connectivity index (χ0v) is 20.2. The van der Waals surface area contributed by atoms with Crippen LogP contribution in [0.1, 0.15) is 50.9 Å². The average molecular weight is 489 g/mol. The minimum Gasteiger partial charge on any atom is -0.460 e. The Labute approximate surface area is 198 Å². The molecule has 2 atom stereocenters. The van der Waals surface area contributed by atoms with E-state index in [2.05, 4.69) is 20.9 Å². The number of nitrogens with two attached hydrogens (primary N) is 1. The monoisotopic (exact) mass is 488 g/mol. The van der Waals surface area contributed by atoms with Crippen molar-refractivity contribution in [3.05, 3.63) is 53.2 Å². The molecule has 7 nitrogen and oxygen atoms in total. The van der Waals surface area contributed by atoms with Gasteiger partial charge in [-0.1, -0.05) is 18.9 Å². The molecule has 2 N–H and O–H groups in total. The molecule has 10 heteroatoms. The predicted octanol–water partition coefficient (Wildman–Crippen LogP) is 3.65. The Bertz CT molecular complexity index is 1300. The van der Waals surface area contributed by atoms with Crippen molar-refractivity contribution in [3.63, 3.8) is 0 Å². The van der Waals surface area contributed by atoms with E-state index in [1.165, 1.54) is 45.3 Å². The van der Waals surface area contributed by atoms with E-state index in [1.807, 2.05) is 6.92 Å². The van der Waals surface area contributed by atoms with Gasteiger partial charge in [-0.2, -0.15) is 0 Å². The van der Waals surface area contributed by atoms with E-state index in [9.17, 15) is 17.2 Å². The van der Waals surface area contributed by atoms with Crippen LogP contribution in [0.4, 0.5) is 8.78 Å². The molecule has 0 unspecified atom stereocenters. The van der Waals surface area contributed by atoms with Gasteiger partial charge >= 0.3 is 0 Å². The first-order valence-corrected chi connectivity index (χ1v) is 12.2. The van der Waals surface area contributed by atoms with Gasteiger partial charge in [0.25, 0.3) is 0 Å². The van der Waals surface area contributed by atoms with Crippen molar-refractivity contribution in [2.75, 3.05) is 5.75 Å². The van der Waals surface area contributed by atoms with Crippen molar-refractivity contribution in [1.82, 2.24) is 9.97 Å². The summed E-state index contributed by atoms with van der Waals surface area (Å²) in [4.78, 5) is 12.3. The van der Waals surface area contributed by atoms with Crippen molar-refractivity contribution < 1.29 is 21.9 Å². The summed E-state index contributed by atoms with van der Waals surface area (Å²) in [5.41, 5.74) is 4.69. The maximum Gasteiger partial charge on any atom is 0.233 e. The summed E-state index contributed by atoms with van der Waals surface area (Å²) in [7, 11) is -3.73. The molecule has 34 heavy (non-hydrogen) atoms. The highest BCUT2D eigenvalue weighted by Gasteiger charge is 2.49. The topological polar surface area (TPSA) is 108 Å². The summed E-state index contributed by atoms with van der Waals surface area (Å²) in [5, 5.41) is 0. The van der Waals surface area contributed by atoms with Gasteiger partial charge in [0.05, 0.1) is 18.1 Å². The Hall–Kier alpha value is -3.32. The summed E-state index contributed by atoms with van der Waals surface area (Å²) in [6.45, 7) is 6.25. The molecule has 2 heterocycles. The lowest BCUT2D eigenvalue weighted by Gasteiger charge is -2.38. The summed E-state index contributed by atoms with van der Waals surface area (Å²) in [5.74, 6) is 0.668. The Balaban J connectivity index is 1.94. The molecule has 3 rings (SSSR count). The van der Waals surface area contributed by atoms with Gasteiger partial charge in [-0.25, -0.2) is 27.2 Å². The van der Waals surface area contributed by atoms with Crippen LogP contribution in [-0.4, -0.2) is 40.8 Å². The number of amidine groups is 1. The lowest BCUT2D eigenvalue weighted by atomic mass is 9.91. The fourth-order valence-corrected chi connectivity index (χ4v) is 5.11. The van der Waals surface area contributed by atoms with Crippen LogP contribution in [0.2, 0.25) is 0 Å². The maximum atomic E-state index is 14.9. The smallest absolute Gasteiger partial charge is 0.233 e. The zero-order valence-electron chi connectivity index (χ0n) is 19.3. The number of sulfone groups is 1. The largest absolute Gasteiger partial charge is 0.460 e. The highest BCUT2D eigenvalue weighted by atomic mass is 32.2. The summed E-state index contributed by atoms with van der Waals surface area (Å²) in [6.07, 6.45) is 9.05. The molecule has 0 aliphatic carbocycles. The summed E-state index contributed by atoms with van der Waals surface area (Å²) in [6, 6.07) is 3.84. The van der Waals surface area contributed by atoms with E-state index in [4.69, 9.17) is 16.9 Å². The van der Waals surface area contributed by atoms with Crippen LogP contribution in [0.15, 0.2) is 35.6 Å². The third-order valence-corrected chi connectivity index (χ3v) is 8.50. The molecule has 1 aliphatic heterocycles. The standard InChI is InChI=1S/C24H26F2N4O3S/c1-6-16(7-2)33-21-13-28-20(12-29-21)19(26)11-15-8-9-18(25)17(10-15)24(5)14-34(31,32)23(3,4)22(27)30-24/h1,8-13,16H,7,14H2,2-5H3,(H2,27,30)/b19-11-/t16-,24+/m1/s1. The highest BCUT2D eigenvalue weighted by molar-refractivity contribution is 7.93. The number of terminal acetylenes is 1. The fraction of sp³-hybridized carbons (Fsp3) is 0.375.